The maximum Gasteiger partial charge on any atom is 0.0230 e. The van der Waals surface area contributed by atoms with Gasteiger partial charge in [-0.2, -0.15) is 0 Å². The second-order valence-corrected chi connectivity index (χ2v) is 5.69. The van der Waals surface area contributed by atoms with E-state index in [0.717, 1.165) is 18.5 Å². The Morgan fingerprint density at radius 3 is 2.81 bits per heavy atom. The molecule has 0 aromatic heterocycles. The van der Waals surface area contributed by atoms with E-state index in [1.54, 1.807) is 0 Å². The standard InChI is InChI=1S/C13H27N3/c1-15(11-12-4-3-5-12)8-6-13-10-14-7-9-16(13)2/h12-14H,3-11H2,1-2H3. The van der Waals surface area contributed by atoms with E-state index in [-0.39, 0.29) is 0 Å². The lowest BCUT2D eigenvalue weighted by molar-refractivity contribution is 0.155. The summed E-state index contributed by atoms with van der Waals surface area (Å²) in [5, 5.41) is 3.49. The minimum absolute atomic E-state index is 0.748. The zero-order chi connectivity index (χ0) is 11.4. The van der Waals surface area contributed by atoms with Crippen molar-refractivity contribution in [3.05, 3.63) is 0 Å². The van der Waals surface area contributed by atoms with Crippen LogP contribution in [0.15, 0.2) is 0 Å². The largest absolute Gasteiger partial charge is 0.314 e. The van der Waals surface area contributed by atoms with Gasteiger partial charge in [-0.25, -0.2) is 0 Å². The maximum absolute atomic E-state index is 3.49. The zero-order valence-corrected chi connectivity index (χ0v) is 10.9. The fraction of sp³-hybridized carbons (Fsp3) is 1.00. The molecule has 16 heavy (non-hydrogen) atoms. The quantitative estimate of drug-likeness (QED) is 0.753. The smallest absolute Gasteiger partial charge is 0.0230 e. The van der Waals surface area contributed by atoms with Crippen LogP contribution in [0.5, 0.6) is 0 Å². The van der Waals surface area contributed by atoms with Crippen LogP contribution < -0.4 is 5.32 Å². The van der Waals surface area contributed by atoms with E-state index in [9.17, 15) is 0 Å². The lowest BCUT2D eigenvalue weighted by Crippen LogP contribution is -2.50. The normalized spacial score (nSPS) is 28.3. The van der Waals surface area contributed by atoms with Gasteiger partial charge in [0.1, 0.15) is 0 Å². The Morgan fingerprint density at radius 1 is 1.38 bits per heavy atom. The van der Waals surface area contributed by atoms with E-state index in [4.69, 9.17) is 0 Å². The summed E-state index contributed by atoms with van der Waals surface area (Å²) in [6, 6.07) is 0.748. The molecule has 0 bridgehead atoms. The summed E-state index contributed by atoms with van der Waals surface area (Å²) in [5.74, 6) is 1.01. The molecular weight excluding hydrogens is 198 g/mol. The molecule has 1 atom stereocenters. The van der Waals surface area contributed by atoms with Crippen molar-refractivity contribution in [3.63, 3.8) is 0 Å². The van der Waals surface area contributed by atoms with E-state index >= 15 is 0 Å². The third kappa shape index (κ3) is 3.44. The van der Waals surface area contributed by atoms with Crippen LogP contribution in [-0.2, 0) is 0 Å². The number of piperazine rings is 1. The Hall–Kier alpha value is -0.120. The Morgan fingerprint density at radius 2 is 2.19 bits per heavy atom. The fourth-order valence-corrected chi connectivity index (χ4v) is 2.76. The summed E-state index contributed by atoms with van der Waals surface area (Å²) in [4.78, 5) is 5.04. The molecule has 1 heterocycles. The molecule has 1 saturated heterocycles. The van der Waals surface area contributed by atoms with Crippen molar-refractivity contribution in [1.29, 1.82) is 0 Å². The number of hydrogen-bond donors (Lipinski definition) is 1. The van der Waals surface area contributed by atoms with E-state index in [2.05, 4.69) is 29.2 Å². The van der Waals surface area contributed by atoms with Crippen molar-refractivity contribution < 1.29 is 0 Å². The van der Waals surface area contributed by atoms with Crippen molar-refractivity contribution in [3.8, 4) is 0 Å². The Bertz CT molecular complexity index is 203. The third-order valence-electron chi connectivity index (χ3n) is 4.28. The minimum atomic E-state index is 0.748. The highest BCUT2D eigenvalue weighted by molar-refractivity contribution is 4.79. The molecule has 1 aliphatic heterocycles. The monoisotopic (exact) mass is 225 g/mol. The Labute approximate surface area is 100 Å². The zero-order valence-electron chi connectivity index (χ0n) is 10.9. The SMILES string of the molecule is CN(CCC1CNCCN1C)CC1CCC1. The number of nitrogens with one attached hydrogen (secondary N) is 1. The fourth-order valence-electron chi connectivity index (χ4n) is 2.76. The van der Waals surface area contributed by atoms with Crippen LogP contribution in [0.2, 0.25) is 0 Å². The van der Waals surface area contributed by atoms with Crippen molar-refractivity contribution in [2.45, 2.75) is 31.7 Å². The summed E-state index contributed by atoms with van der Waals surface area (Å²) < 4.78 is 0. The number of nitrogens with zero attached hydrogens (tertiary/aromatic N) is 2. The van der Waals surface area contributed by atoms with Crippen LogP contribution in [0.3, 0.4) is 0 Å². The second kappa shape index (κ2) is 5.99. The van der Waals surface area contributed by atoms with Crippen LogP contribution in [0, 0.1) is 5.92 Å². The summed E-state index contributed by atoms with van der Waals surface area (Å²) >= 11 is 0. The van der Waals surface area contributed by atoms with Gasteiger partial charge in [0.05, 0.1) is 0 Å². The predicted molar refractivity (Wildman–Crippen MR) is 68.7 cm³/mol. The van der Waals surface area contributed by atoms with E-state index in [1.165, 1.54) is 51.9 Å². The molecule has 0 radical (unpaired) electrons. The molecule has 1 aliphatic carbocycles. The molecule has 0 amide bonds. The van der Waals surface area contributed by atoms with Crippen LogP contribution in [0.25, 0.3) is 0 Å². The molecule has 0 aromatic carbocycles. The first kappa shape index (κ1) is 12.3. The van der Waals surface area contributed by atoms with Gasteiger partial charge in [-0.1, -0.05) is 6.42 Å². The summed E-state index contributed by atoms with van der Waals surface area (Å²) in [7, 11) is 4.55. The van der Waals surface area contributed by atoms with Crippen molar-refractivity contribution in [1.82, 2.24) is 15.1 Å². The first-order valence-electron chi connectivity index (χ1n) is 6.85. The number of rotatable bonds is 5. The topological polar surface area (TPSA) is 18.5 Å². The first-order valence-corrected chi connectivity index (χ1v) is 6.85. The molecule has 2 rings (SSSR count). The van der Waals surface area contributed by atoms with Crippen molar-refractivity contribution >= 4 is 0 Å². The van der Waals surface area contributed by atoms with Crippen molar-refractivity contribution in [2.24, 2.45) is 5.92 Å². The van der Waals surface area contributed by atoms with Crippen LogP contribution in [-0.4, -0.2) is 62.7 Å². The summed E-state index contributed by atoms with van der Waals surface area (Å²) in [6.07, 6.45) is 5.71. The van der Waals surface area contributed by atoms with Gasteiger partial charge < -0.3 is 15.1 Å². The highest BCUT2D eigenvalue weighted by Crippen LogP contribution is 2.26. The van der Waals surface area contributed by atoms with E-state index in [0.29, 0.717) is 0 Å². The molecular formula is C13H27N3. The predicted octanol–water partition coefficient (Wildman–Crippen LogP) is 1.01. The number of likely N-dealkylation sites (N-methyl/N-ethyl adjacent to an activating group) is 1. The molecule has 0 aromatic rings. The highest BCUT2D eigenvalue weighted by Gasteiger charge is 2.21. The lowest BCUT2D eigenvalue weighted by Gasteiger charge is -2.35. The van der Waals surface area contributed by atoms with Gasteiger partial charge in [0.15, 0.2) is 0 Å². The van der Waals surface area contributed by atoms with Gasteiger partial charge in [-0.3, -0.25) is 0 Å². The van der Waals surface area contributed by atoms with Crippen LogP contribution in [0.1, 0.15) is 25.7 Å². The molecule has 94 valence electrons. The molecule has 1 saturated carbocycles. The third-order valence-corrected chi connectivity index (χ3v) is 4.28. The average molecular weight is 225 g/mol. The summed E-state index contributed by atoms with van der Waals surface area (Å²) in [5.41, 5.74) is 0. The summed E-state index contributed by atoms with van der Waals surface area (Å²) in [6.45, 7) is 6.12. The van der Waals surface area contributed by atoms with Gasteiger partial charge in [0, 0.05) is 32.2 Å². The molecule has 2 aliphatic rings. The Kier molecular flexibility index (Phi) is 4.62. The molecule has 3 heteroatoms. The second-order valence-electron chi connectivity index (χ2n) is 5.69. The molecule has 3 nitrogen and oxygen atoms in total. The van der Waals surface area contributed by atoms with Gasteiger partial charge in [0.2, 0.25) is 0 Å². The minimum Gasteiger partial charge on any atom is -0.314 e. The van der Waals surface area contributed by atoms with Crippen molar-refractivity contribution in [2.75, 3.05) is 46.8 Å². The maximum atomic E-state index is 3.49. The van der Waals surface area contributed by atoms with Gasteiger partial charge in [-0.05, 0) is 45.8 Å². The van der Waals surface area contributed by atoms with Crippen LogP contribution in [0.4, 0.5) is 0 Å². The van der Waals surface area contributed by atoms with Gasteiger partial charge in [-0.15, -0.1) is 0 Å². The average Bonchev–Trinajstić information content (AvgIpc) is 2.22. The van der Waals surface area contributed by atoms with Gasteiger partial charge in [0.25, 0.3) is 0 Å². The van der Waals surface area contributed by atoms with Gasteiger partial charge >= 0.3 is 0 Å². The molecule has 1 N–H and O–H groups in total. The molecule has 0 spiro atoms. The first-order chi connectivity index (χ1) is 7.75. The number of hydrogen-bond acceptors (Lipinski definition) is 3. The molecule has 1 unspecified atom stereocenters. The van der Waals surface area contributed by atoms with E-state index in [1.807, 2.05) is 0 Å². The Balaban J connectivity index is 1.61. The highest BCUT2D eigenvalue weighted by atomic mass is 15.2. The molecule has 2 fully saturated rings. The van der Waals surface area contributed by atoms with Crippen LogP contribution >= 0.6 is 0 Å². The van der Waals surface area contributed by atoms with E-state index < -0.39 is 0 Å². The lowest BCUT2D eigenvalue weighted by atomic mass is 9.85.